The van der Waals surface area contributed by atoms with Gasteiger partial charge in [-0.05, 0) is 54.8 Å². The number of halogens is 3. The van der Waals surface area contributed by atoms with Gasteiger partial charge in [0.15, 0.2) is 0 Å². The molecule has 4 nitrogen and oxygen atoms in total. The molecule has 0 aromatic heterocycles. The Bertz CT molecular complexity index is 1160. The number of hydrogen-bond donors (Lipinski definition) is 1. The molecule has 4 rings (SSSR count). The lowest BCUT2D eigenvalue weighted by Crippen LogP contribution is -2.35. The fraction of sp³-hybridized carbons (Fsp3) is 0.200. The molecule has 1 aliphatic rings. The van der Waals surface area contributed by atoms with Gasteiger partial charge in [-0.3, -0.25) is 9.59 Å². The van der Waals surface area contributed by atoms with Crippen LogP contribution < -0.4 is 10.2 Å². The van der Waals surface area contributed by atoms with E-state index in [2.05, 4.69) is 5.32 Å². The third kappa shape index (κ3) is 4.23. The molecule has 0 spiro atoms. The summed E-state index contributed by atoms with van der Waals surface area (Å²) in [6, 6.07) is 19.2. The van der Waals surface area contributed by atoms with Crippen LogP contribution in [0.2, 0.25) is 0 Å². The smallest absolute Gasteiger partial charge is 0.348 e. The third-order valence-corrected chi connectivity index (χ3v) is 5.54. The molecule has 0 unspecified atom stereocenters. The number of nitrogens with one attached hydrogen (secondary N) is 1. The van der Waals surface area contributed by atoms with E-state index < -0.39 is 23.2 Å². The Morgan fingerprint density at radius 3 is 2.41 bits per heavy atom. The van der Waals surface area contributed by atoms with E-state index in [0.717, 1.165) is 23.4 Å². The number of amides is 2. The lowest BCUT2D eigenvalue weighted by atomic mass is 10.1. The summed E-state index contributed by atoms with van der Waals surface area (Å²) in [5.74, 6) is -0.916. The zero-order chi connectivity index (χ0) is 22.9. The number of rotatable bonds is 4. The number of anilines is 1. The minimum atomic E-state index is -4.62. The summed E-state index contributed by atoms with van der Waals surface area (Å²) in [6.45, 7) is 2.01. The number of nitrogens with zero attached hydrogens (tertiary/aromatic N) is 1. The van der Waals surface area contributed by atoms with E-state index in [1.165, 1.54) is 12.1 Å². The van der Waals surface area contributed by atoms with E-state index in [-0.39, 0.29) is 18.5 Å². The monoisotopic (exact) mass is 438 g/mol. The number of alkyl halides is 3. The Balaban J connectivity index is 1.54. The van der Waals surface area contributed by atoms with Gasteiger partial charge in [0, 0.05) is 23.8 Å². The van der Waals surface area contributed by atoms with Crippen molar-refractivity contribution in [1.29, 1.82) is 0 Å². The van der Waals surface area contributed by atoms with E-state index in [4.69, 9.17) is 0 Å². The molecular formula is C25H21F3N2O2. The molecular weight excluding hydrogens is 417 g/mol. The van der Waals surface area contributed by atoms with Gasteiger partial charge in [-0.2, -0.15) is 13.2 Å². The third-order valence-electron chi connectivity index (χ3n) is 5.54. The second-order valence-corrected chi connectivity index (χ2v) is 7.78. The molecule has 1 atom stereocenters. The topological polar surface area (TPSA) is 49.4 Å². The van der Waals surface area contributed by atoms with Gasteiger partial charge < -0.3 is 10.2 Å². The van der Waals surface area contributed by atoms with Crippen LogP contribution in [0.4, 0.5) is 18.9 Å². The molecule has 3 aromatic rings. The van der Waals surface area contributed by atoms with Crippen molar-refractivity contribution in [1.82, 2.24) is 5.32 Å². The highest BCUT2D eigenvalue weighted by Gasteiger charge is 2.35. The fourth-order valence-electron chi connectivity index (χ4n) is 4.00. The minimum absolute atomic E-state index is 0.0267. The second-order valence-electron chi connectivity index (χ2n) is 7.78. The van der Waals surface area contributed by atoms with E-state index in [0.29, 0.717) is 17.5 Å². The first-order chi connectivity index (χ1) is 15.3. The van der Waals surface area contributed by atoms with Crippen LogP contribution in [-0.4, -0.2) is 17.9 Å². The minimum Gasteiger partial charge on any atom is -0.348 e. The molecule has 0 radical (unpaired) electrons. The first kappa shape index (κ1) is 21.6. The maximum Gasteiger partial charge on any atom is 0.417 e. The van der Waals surface area contributed by atoms with Crippen molar-refractivity contribution in [3.8, 4) is 0 Å². The van der Waals surface area contributed by atoms with Crippen LogP contribution in [0.3, 0.4) is 0 Å². The lowest BCUT2D eigenvalue weighted by molar-refractivity contribution is -0.137. The van der Waals surface area contributed by atoms with Crippen LogP contribution in [0.5, 0.6) is 0 Å². The van der Waals surface area contributed by atoms with Crippen LogP contribution in [0.1, 0.15) is 44.3 Å². The standard InChI is InChI=1S/C25H21F3N2O2/c1-16-13-19-12-11-17(14-22(19)30(16)24(32)18-7-3-2-4-8-18)15-29-23(31)20-9-5-6-10-21(20)25(26,27)28/h2-12,14,16H,13,15H2,1H3,(H,29,31)/t16-/m0/s1. The Morgan fingerprint density at radius 1 is 1.00 bits per heavy atom. The van der Waals surface area contributed by atoms with Crippen LogP contribution in [0.15, 0.2) is 72.8 Å². The zero-order valence-electron chi connectivity index (χ0n) is 17.3. The van der Waals surface area contributed by atoms with Crippen molar-refractivity contribution in [2.45, 2.75) is 32.1 Å². The van der Waals surface area contributed by atoms with Gasteiger partial charge in [-0.15, -0.1) is 0 Å². The SMILES string of the molecule is C[C@H]1Cc2ccc(CNC(=O)c3ccccc3C(F)(F)F)cc2N1C(=O)c1ccccc1. The molecule has 1 heterocycles. The van der Waals surface area contributed by atoms with Gasteiger partial charge in [-0.25, -0.2) is 0 Å². The summed E-state index contributed by atoms with van der Waals surface area (Å²) in [6.07, 6.45) is -3.91. The maximum absolute atomic E-state index is 13.2. The molecule has 2 amide bonds. The summed E-state index contributed by atoms with van der Waals surface area (Å²) in [7, 11) is 0. The highest BCUT2D eigenvalue weighted by atomic mass is 19.4. The molecule has 1 aliphatic heterocycles. The van der Waals surface area contributed by atoms with E-state index in [1.54, 1.807) is 29.2 Å². The summed E-state index contributed by atoms with van der Waals surface area (Å²) >= 11 is 0. The molecule has 0 bridgehead atoms. The average molecular weight is 438 g/mol. The van der Waals surface area contributed by atoms with Crippen LogP contribution >= 0.6 is 0 Å². The molecule has 7 heteroatoms. The number of hydrogen-bond acceptors (Lipinski definition) is 2. The highest BCUT2D eigenvalue weighted by Crippen LogP contribution is 2.35. The summed E-state index contributed by atoms with van der Waals surface area (Å²) < 4.78 is 39.6. The Labute approximate surface area is 183 Å². The predicted octanol–water partition coefficient (Wildman–Crippen LogP) is 5.23. The fourth-order valence-corrected chi connectivity index (χ4v) is 4.00. The normalized spacial score (nSPS) is 15.4. The van der Waals surface area contributed by atoms with Crippen molar-refractivity contribution in [2.75, 3.05) is 4.90 Å². The van der Waals surface area contributed by atoms with E-state index in [1.807, 2.05) is 31.2 Å². The van der Waals surface area contributed by atoms with Gasteiger partial charge in [0.25, 0.3) is 11.8 Å². The number of carbonyl (C=O) groups is 2. The predicted molar refractivity (Wildman–Crippen MR) is 115 cm³/mol. The Morgan fingerprint density at radius 2 is 1.69 bits per heavy atom. The molecule has 3 aromatic carbocycles. The summed E-state index contributed by atoms with van der Waals surface area (Å²) in [5, 5.41) is 2.56. The van der Waals surface area contributed by atoms with Crippen molar-refractivity contribution < 1.29 is 22.8 Å². The first-order valence-corrected chi connectivity index (χ1v) is 10.2. The lowest BCUT2D eigenvalue weighted by Gasteiger charge is -2.23. The van der Waals surface area contributed by atoms with Gasteiger partial charge in [-0.1, -0.05) is 42.5 Å². The van der Waals surface area contributed by atoms with Gasteiger partial charge >= 0.3 is 6.18 Å². The first-order valence-electron chi connectivity index (χ1n) is 10.2. The van der Waals surface area contributed by atoms with Crippen molar-refractivity contribution in [3.05, 3.63) is 101 Å². The highest BCUT2D eigenvalue weighted by molar-refractivity contribution is 6.07. The number of carbonyl (C=O) groups excluding carboxylic acids is 2. The molecule has 32 heavy (non-hydrogen) atoms. The molecule has 0 saturated heterocycles. The Kier molecular flexibility index (Phi) is 5.74. The molecule has 0 saturated carbocycles. The van der Waals surface area contributed by atoms with Crippen LogP contribution in [0, 0.1) is 0 Å². The average Bonchev–Trinajstić information content (AvgIpc) is 3.12. The molecule has 0 aliphatic carbocycles. The molecule has 1 N–H and O–H groups in total. The number of fused-ring (bicyclic) bond motifs is 1. The largest absolute Gasteiger partial charge is 0.417 e. The Hall–Kier alpha value is -3.61. The van der Waals surface area contributed by atoms with E-state index >= 15 is 0 Å². The summed E-state index contributed by atoms with van der Waals surface area (Å²) in [5.41, 5.74) is 1.65. The molecule has 164 valence electrons. The van der Waals surface area contributed by atoms with Crippen LogP contribution in [-0.2, 0) is 19.1 Å². The zero-order valence-corrected chi connectivity index (χ0v) is 17.3. The van der Waals surface area contributed by atoms with Gasteiger partial charge in [0.2, 0.25) is 0 Å². The maximum atomic E-state index is 13.2. The second kappa shape index (κ2) is 8.49. The van der Waals surface area contributed by atoms with Crippen molar-refractivity contribution >= 4 is 17.5 Å². The van der Waals surface area contributed by atoms with Crippen LogP contribution in [0.25, 0.3) is 0 Å². The van der Waals surface area contributed by atoms with Gasteiger partial charge in [0.1, 0.15) is 0 Å². The van der Waals surface area contributed by atoms with Crippen molar-refractivity contribution in [3.63, 3.8) is 0 Å². The summed E-state index contributed by atoms with van der Waals surface area (Å²) in [4.78, 5) is 27.2. The quantitative estimate of drug-likeness (QED) is 0.607. The number of benzene rings is 3. The van der Waals surface area contributed by atoms with E-state index in [9.17, 15) is 22.8 Å². The molecule has 0 fully saturated rings. The van der Waals surface area contributed by atoms with Crippen molar-refractivity contribution in [2.24, 2.45) is 0 Å². The van der Waals surface area contributed by atoms with Gasteiger partial charge in [0.05, 0.1) is 11.1 Å².